The van der Waals surface area contributed by atoms with Crippen LogP contribution in [0.5, 0.6) is 5.88 Å². The van der Waals surface area contributed by atoms with Crippen LogP contribution in [0.4, 0.5) is 0 Å². The first kappa shape index (κ1) is 32.2. The van der Waals surface area contributed by atoms with E-state index in [2.05, 4.69) is 10.1 Å². The molecule has 0 bridgehead atoms. The highest BCUT2D eigenvalue weighted by Crippen LogP contribution is 2.37. The zero-order chi connectivity index (χ0) is 30.8. The molecule has 0 N–H and O–H groups in total. The summed E-state index contributed by atoms with van der Waals surface area (Å²) in [5.74, 6) is -1.92. The van der Waals surface area contributed by atoms with E-state index in [1.807, 2.05) is 53.7 Å². The Morgan fingerprint density at radius 2 is 1.49 bits per heavy atom. The topological polar surface area (TPSA) is 153 Å². The van der Waals surface area contributed by atoms with Crippen molar-refractivity contribution < 1.29 is 36.4 Å². The van der Waals surface area contributed by atoms with Gasteiger partial charge in [0.15, 0.2) is 18.4 Å². The number of hydrogen-bond donors (Lipinski definition) is 0. The molecule has 0 radical (unpaired) electrons. The lowest BCUT2D eigenvalue weighted by Crippen LogP contribution is -2.41. The number of carbonyl (C=O) groups is 2. The molecule has 0 amide bonds. The fourth-order valence-corrected chi connectivity index (χ4v) is 6.32. The summed E-state index contributed by atoms with van der Waals surface area (Å²) in [6.45, 7) is 15.8. The van der Waals surface area contributed by atoms with Gasteiger partial charge in [-0.2, -0.15) is 23.2 Å². The molecule has 1 aliphatic rings. The summed E-state index contributed by atoms with van der Waals surface area (Å²) in [7, 11) is -4.43. The highest BCUT2D eigenvalue weighted by molar-refractivity contribution is 7.87. The van der Waals surface area contributed by atoms with Crippen molar-refractivity contribution in [3.05, 3.63) is 45.5 Å². The van der Waals surface area contributed by atoms with Gasteiger partial charge in [-0.15, -0.1) is 0 Å². The fourth-order valence-electron chi connectivity index (χ4n) is 4.77. The first-order valence-corrected chi connectivity index (χ1v) is 15.1. The predicted octanol–water partition coefficient (Wildman–Crippen LogP) is 3.95. The summed E-state index contributed by atoms with van der Waals surface area (Å²) in [4.78, 5) is 40.4. The molecule has 2 heterocycles. The lowest BCUT2D eigenvalue weighted by molar-refractivity contribution is -0.165. The second kappa shape index (κ2) is 12.7. The monoisotopic (exact) mass is 593 g/mol. The van der Waals surface area contributed by atoms with Crippen LogP contribution in [0.15, 0.2) is 28.0 Å². The highest BCUT2D eigenvalue weighted by Gasteiger charge is 2.50. The van der Waals surface area contributed by atoms with Gasteiger partial charge >= 0.3 is 27.7 Å². The van der Waals surface area contributed by atoms with Crippen LogP contribution in [0.2, 0.25) is 0 Å². The number of carbonyl (C=O) groups excluding carboxylic acids is 2. The van der Waals surface area contributed by atoms with Crippen LogP contribution in [0, 0.1) is 0 Å². The van der Waals surface area contributed by atoms with Gasteiger partial charge in [0.1, 0.15) is 17.2 Å². The van der Waals surface area contributed by atoms with Crippen LogP contribution < -0.4 is 9.87 Å². The number of ether oxygens (including phenoxy) is 3. The maximum Gasteiger partial charge on any atom is 0.369 e. The Bertz CT molecular complexity index is 1420. The number of rotatable bonds is 10. The second-order valence-electron chi connectivity index (χ2n) is 11.0. The van der Waals surface area contributed by atoms with Gasteiger partial charge in [-0.1, -0.05) is 60.6 Å². The number of nitrogens with zero attached hydrogens (tertiary/aromatic N) is 3. The van der Waals surface area contributed by atoms with Crippen LogP contribution in [0.25, 0.3) is 0 Å². The summed E-state index contributed by atoms with van der Waals surface area (Å²) < 4.78 is 50.0. The lowest BCUT2D eigenvalue weighted by Gasteiger charge is -2.23. The number of benzene rings is 1. The molecule has 13 heteroatoms. The third-order valence-corrected chi connectivity index (χ3v) is 8.11. The van der Waals surface area contributed by atoms with Crippen molar-refractivity contribution in [2.75, 3.05) is 0 Å². The van der Waals surface area contributed by atoms with E-state index in [0.29, 0.717) is 17.5 Å². The summed E-state index contributed by atoms with van der Waals surface area (Å²) in [6.07, 6.45) is -2.81. The van der Waals surface area contributed by atoms with E-state index in [4.69, 9.17) is 18.4 Å². The van der Waals surface area contributed by atoms with Gasteiger partial charge < -0.3 is 18.4 Å². The second-order valence-corrected chi connectivity index (χ2v) is 12.5. The summed E-state index contributed by atoms with van der Waals surface area (Å²) in [5.41, 5.74) is 1.20. The molecule has 226 valence electrons. The summed E-state index contributed by atoms with van der Waals surface area (Å²) in [6, 6.07) is 3.74. The smallest absolute Gasteiger partial charge is 0.369 e. The van der Waals surface area contributed by atoms with Crippen molar-refractivity contribution >= 4 is 22.1 Å². The van der Waals surface area contributed by atoms with E-state index >= 15 is 0 Å². The average molecular weight is 594 g/mol. The van der Waals surface area contributed by atoms with E-state index < -0.39 is 58.2 Å². The van der Waals surface area contributed by atoms with Crippen LogP contribution in [0.1, 0.15) is 109 Å². The molecule has 1 fully saturated rings. The maximum absolute atomic E-state index is 13.7. The lowest BCUT2D eigenvalue weighted by atomic mass is 9.89. The van der Waals surface area contributed by atoms with Crippen molar-refractivity contribution in [2.24, 2.45) is 0 Å². The third kappa shape index (κ3) is 7.13. The molecule has 0 aliphatic carbocycles. The molecule has 1 unspecified atom stereocenters. The molecule has 1 aromatic carbocycles. The molecule has 1 saturated heterocycles. The van der Waals surface area contributed by atoms with Crippen molar-refractivity contribution in [1.82, 2.24) is 14.8 Å². The van der Waals surface area contributed by atoms with Gasteiger partial charge in [0.25, 0.3) is 5.88 Å². The summed E-state index contributed by atoms with van der Waals surface area (Å²) in [5, 5.41) is 4.03. The highest BCUT2D eigenvalue weighted by atomic mass is 32.2. The van der Waals surface area contributed by atoms with Crippen LogP contribution in [-0.4, -0.2) is 53.4 Å². The molecule has 1 aliphatic heterocycles. The third-order valence-electron chi connectivity index (χ3n) is 6.75. The van der Waals surface area contributed by atoms with E-state index in [9.17, 15) is 22.8 Å². The fraction of sp³-hybridized carbons (Fsp3) is 0.607. The Hall–Kier alpha value is -3.32. The molecule has 1 aromatic heterocycles. The molecule has 12 nitrogen and oxygen atoms in total. The quantitative estimate of drug-likeness (QED) is 0.291. The van der Waals surface area contributed by atoms with Gasteiger partial charge in [-0.3, -0.25) is 9.59 Å². The molecular weight excluding hydrogens is 554 g/mol. The molecule has 0 spiro atoms. The van der Waals surface area contributed by atoms with Crippen molar-refractivity contribution in [3.8, 4) is 5.88 Å². The van der Waals surface area contributed by atoms with Gasteiger partial charge in [-0.25, -0.2) is 4.79 Å². The molecule has 4 atom stereocenters. The van der Waals surface area contributed by atoms with Gasteiger partial charge in [-0.05, 0) is 40.9 Å². The Kier molecular flexibility index (Phi) is 9.96. The average Bonchev–Trinajstić information content (AvgIpc) is 3.18. The minimum Gasteiger partial charge on any atom is -0.456 e. The zero-order valence-electron chi connectivity index (χ0n) is 24.9. The Morgan fingerprint density at radius 1 is 0.951 bits per heavy atom. The normalized spacial score (nSPS) is 21.0. The predicted molar refractivity (Wildman–Crippen MR) is 148 cm³/mol. The van der Waals surface area contributed by atoms with Gasteiger partial charge in [0.2, 0.25) is 0 Å². The van der Waals surface area contributed by atoms with Gasteiger partial charge in [0.05, 0.1) is 0 Å². The standard InChI is InChI=1S/C28H39N3O9S/c1-10-22-24(37-17(8)32)25(38-18(9)33)27(39-22)31-28(34)30-23(13-29-31)40-41(35,36)26-20(15(4)5)11-19(14(2)3)12-21(26)16(6)7/h11-16,22,24-25,27H,10H2,1-9H3/t22-,24?,25+,27-/m1/s1. The first-order chi connectivity index (χ1) is 19.1. The van der Waals surface area contributed by atoms with E-state index in [-0.39, 0.29) is 22.6 Å². The Balaban J connectivity index is 2.03. The SMILES string of the molecule is CC[C@H]1O[C@@H](n2ncc(OS(=O)(=O)c3c(C(C)C)cc(C(C)C)cc3C(C)C)nc2=O)[C@@H](OC(C)=O)C1OC(C)=O. The molecule has 41 heavy (non-hydrogen) atoms. The van der Waals surface area contributed by atoms with E-state index in [1.54, 1.807) is 6.92 Å². The number of hydrogen-bond acceptors (Lipinski definition) is 11. The minimum atomic E-state index is -4.43. The van der Waals surface area contributed by atoms with Gasteiger partial charge in [0, 0.05) is 13.8 Å². The molecule has 3 rings (SSSR count). The van der Waals surface area contributed by atoms with Crippen LogP contribution >= 0.6 is 0 Å². The van der Waals surface area contributed by atoms with Crippen molar-refractivity contribution in [3.63, 3.8) is 0 Å². The van der Waals surface area contributed by atoms with E-state index in [1.165, 1.54) is 13.8 Å². The minimum absolute atomic E-state index is 0.0435. The number of esters is 2. The molecule has 2 aromatic rings. The largest absolute Gasteiger partial charge is 0.456 e. The van der Waals surface area contributed by atoms with E-state index in [0.717, 1.165) is 16.4 Å². The molecular formula is C28H39N3O9S. The zero-order valence-corrected chi connectivity index (χ0v) is 25.7. The maximum atomic E-state index is 13.7. The van der Waals surface area contributed by atoms with Crippen molar-refractivity contribution in [2.45, 2.75) is 116 Å². The summed E-state index contributed by atoms with van der Waals surface area (Å²) >= 11 is 0. The Labute approximate surface area is 240 Å². The van der Waals surface area contributed by atoms with Crippen LogP contribution in [0.3, 0.4) is 0 Å². The Morgan fingerprint density at radius 3 is 1.93 bits per heavy atom. The van der Waals surface area contributed by atoms with Crippen molar-refractivity contribution in [1.29, 1.82) is 0 Å². The van der Waals surface area contributed by atoms with Crippen LogP contribution in [-0.2, 0) is 33.9 Å². The number of aromatic nitrogens is 3. The first-order valence-electron chi connectivity index (χ1n) is 13.6. The molecule has 0 saturated carbocycles.